The zero-order valence-electron chi connectivity index (χ0n) is 15.2. The minimum absolute atomic E-state index is 0.0319. The lowest BCUT2D eigenvalue weighted by Crippen LogP contribution is -2.49. The predicted molar refractivity (Wildman–Crippen MR) is 106 cm³/mol. The fourth-order valence-corrected chi connectivity index (χ4v) is 3.16. The summed E-state index contributed by atoms with van der Waals surface area (Å²) in [7, 11) is 1.99. The smallest absolute Gasteiger partial charge is 0.243 e. The average molecular weight is 364 g/mol. The van der Waals surface area contributed by atoms with Gasteiger partial charge in [-0.2, -0.15) is 0 Å². The molecule has 5 nitrogen and oxygen atoms in total. The Labute approximate surface area is 156 Å². The third-order valence-corrected chi connectivity index (χ3v) is 4.64. The van der Waals surface area contributed by atoms with Crippen LogP contribution in [-0.4, -0.2) is 42.2 Å². The van der Waals surface area contributed by atoms with Gasteiger partial charge in [0.05, 0.1) is 12.6 Å². The van der Waals surface area contributed by atoms with E-state index in [1.165, 1.54) is 12.8 Å². The van der Waals surface area contributed by atoms with E-state index < -0.39 is 0 Å². The number of amides is 1. The van der Waals surface area contributed by atoms with Gasteiger partial charge < -0.3 is 15.4 Å². The van der Waals surface area contributed by atoms with Crippen molar-refractivity contribution in [2.24, 2.45) is 0 Å². The van der Waals surface area contributed by atoms with Crippen molar-refractivity contribution in [3.63, 3.8) is 0 Å². The fraction of sp³-hybridized carbons (Fsp3) is 0.579. The standard InChI is InChI=1S/C19H29N3O2S/c1-3-4-7-14-24-16-11-9-15(10-12-16)20-19(25)21-18(23)17-8-5-6-13-22(17)2/h9-12,17H,3-8,13-14H2,1-2H3,(H2,20,21,23,25). The molecule has 1 aromatic carbocycles. The number of thiocarbonyl (C=S) groups is 1. The molecule has 1 fully saturated rings. The van der Waals surface area contributed by atoms with Gasteiger partial charge in [-0.05, 0) is 69.3 Å². The minimum Gasteiger partial charge on any atom is -0.494 e. The number of ether oxygens (including phenoxy) is 1. The van der Waals surface area contributed by atoms with Crippen LogP contribution >= 0.6 is 12.2 Å². The maximum Gasteiger partial charge on any atom is 0.243 e. The summed E-state index contributed by atoms with van der Waals surface area (Å²) in [6.45, 7) is 3.87. The number of likely N-dealkylation sites (N-methyl/N-ethyl adjacent to an activating group) is 1. The fourth-order valence-electron chi connectivity index (χ4n) is 2.94. The number of unbranched alkanes of at least 4 members (excludes halogenated alkanes) is 2. The zero-order valence-corrected chi connectivity index (χ0v) is 16.0. The molecule has 2 rings (SSSR count). The molecule has 1 atom stereocenters. The van der Waals surface area contributed by atoms with Crippen molar-refractivity contribution in [2.45, 2.75) is 51.5 Å². The SMILES string of the molecule is CCCCCOc1ccc(NC(=S)NC(=O)C2CCCCN2C)cc1. The number of hydrogen-bond acceptors (Lipinski definition) is 4. The van der Waals surface area contributed by atoms with E-state index >= 15 is 0 Å². The lowest BCUT2D eigenvalue weighted by atomic mass is 10.0. The first-order chi connectivity index (χ1) is 12.1. The normalized spacial score (nSPS) is 17.8. The molecule has 1 aliphatic rings. The summed E-state index contributed by atoms with van der Waals surface area (Å²) in [5.74, 6) is 0.816. The number of nitrogens with zero attached hydrogens (tertiary/aromatic N) is 1. The van der Waals surface area contributed by atoms with Crippen LogP contribution in [-0.2, 0) is 4.79 Å². The highest BCUT2D eigenvalue weighted by atomic mass is 32.1. The number of piperidine rings is 1. The third kappa shape index (κ3) is 6.63. The summed E-state index contributed by atoms with van der Waals surface area (Å²) < 4.78 is 5.69. The molecule has 0 spiro atoms. The minimum atomic E-state index is -0.0904. The Morgan fingerprint density at radius 2 is 2.04 bits per heavy atom. The summed E-state index contributed by atoms with van der Waals surface area (Å²) in [4.78, 5) is 14.4. The molecule has 25 heavy (non-hydrogen) atoms. The van der Waals surface area contributed by atoms with Gasteiger partial charge in [-0.1, -0.05) is 26.2 Å². The van der Waals surface area contributed by atoms with Crippen LogP contribution < -0.4 is 15.4 Å². The number of likely N-dealkylation sites (tertiary alicyclic amines) is 1. The molecule has 0 aliphatic carbocycles. The number of carbonyl (C=O) groups is 1. The van der Waals surface area contributed by atoms with Gasteiger partial charge in [0.2, 0.25) is 5.91 Å². The van der Waals surface area contributed by atoms with E-state index in [1.54, 1.807) is 0 Å². The first-order valence-electron chi connectivity index (χ1n) is 9.15. The molecule has 1 unspecified atom stereocenters. The van der Waals surface area contributed by atoms with Crippen LogP contribution in [0.5, 0.6) is 5.75 Å². The molecule has 1 aliphatic heterocycles. The average Bonchev–Trinajstić information content (AvgIpc) is 2.60. The molecule has 1 saturated heterocycles. The van der Waals surface area contributed by atoms with E-state index in [4.69, 9.17) is 17.0 Å². The van der Waals surface area contributed by atoms with Gasteiger partial charge in [0, 0.05) is 5.69 Å². The van der Waals surface area contributed by atoms with Crippen LogP contribution in [0.2, 0.25) is 0 Å². The highest BCUT2D eigenvalue weighted by Gasteiger charge is 2.26. The second-order valence-corrected chi connectivity index (χ2v) is 6.92. The number of carbonyl (C=O) groups excluding carboxylic acids is 1. The second kappa shape index (κ2) is 10.4. The van der Waals surface area contributed by atoms with Crippen molar-refractivity contribution >= 4 is 28.9 Å². The summed E-state index contributed by atoms with van der Waals surface area (Å²) in [6, 6.07) is 7.54. The number of anilines is 1. The molecule has 0 radical (unpaired) electrons. The van der Waals surface area contributed by atoms with Gasteiger partial charge >= 0.3 is 0 Å². The van der Waals surface area contributed by atoms with E-state index in [0.717, 1.165) is 50.3 Å². The largest absolute Gasteiger partial charge is 0.494 e. The lowest BCUT2D eigenvalue weighted by molar-refractivity contribution is -0.125. The summed E-state index contributed by atoms with van der Waals surface area (Å²) >= 11 is 5.26. The molecule has 6 heteroatoms. The van der Waals surface area contributed by atoms with E-state index in [9.17, 15) is 4.79 Å². The van der Waals surface area contributed by atoms with Crippen LogP contribution in [0.3, 0.4) is 0 Å². The Hall–Kier alpha value is -1.66. The molecule has 0 aromatic heterocycles. The molecular formula is C19H29N3O2S. The third-order valence-electron chi connectivity index (χ3n) is 4.44. The Bertz CT molecular complexity index is 562. The second-order valence-electron chi connectivity index (χ2n) is 6.52. The van der Waals surface area contributed by atoms with Gasteiger partial charge in [0.25, 0.3) is 0 Å². The van der Waals surface area contributed by atoms with Gasteiger partial charge in [-0.15, -0.1) is 0 Å². The van der Waals surface area contributed by atoms with Crippen molar-refractivity contribution in [1.29, 1.82) is 0 Å². The molecule has 0 saturated carbocycles. The molecule has 2 N–H and O–H groups in total. The Morgan fingerprint density at radius 3 is 2.72 bits per heavy atom. The van der Waals surface area contributed by atoms with Gasteiger partial charge in [0.1, 0.15) is 5.75 Å². The van der Waals surface area contributed by atoms with Crippen molar-refractivity contribution in [1.82, 2.24) is 10.2 Å². The van der Waals surface area contributed by atoms with Gasteiger partial charge in [-0.25, -0.2) is 0 Å². The topological polar surface area (TPSA) is 53.6 Å². The molecule has 1 amide bonds. The number of nitrogens with one attached hydrogen (secondary N) is 2. The maximum absolute atomic E-state index is 12.3. The van der Waals surface area contributed by atoms with Crippen LogP contribution in [0.1, 0.15) is 45.4 Å². The molecule has 1 aromatic rings. The van der Waals surface area contributed by atoms with Crippen molar-refractivity contribution in [2.75, 3.05) is 25.5 Å². The van der Waals surface area contributed by atoms with Gasteiger partial charge in [0.15, 0.2) is 5.11 Å². The summed E-state index contributed by atoms with van der Waals surface area (Å²) in [5.41, 5.74) is 0.836. The highest BCUT2D eigenvalue weighted by molar-refractivity contribution is 7.80. The zero-order chi connectivity index (χ0) is 18.1. The van der Waals surface area contributed by atoms with Crippen LogP contribution in [0.25, 0.3) is 0 Å². The number of benzene rings is 1. The summed E-state index contributed by atoms with van der Waals surface area (Å²) in [6.07, 6.45) is 6.56. The maximum atomic E-state index is 12.3. The van der Waals surface area contributed by atoms with Crippen LogP contribution in [0.15, 0.2) is 24.3 Å². The van der Waals surface area contributed by atoms with Crippen molar-refractivity contribution < 1.29 is 9.53 Å². The van der Waals surface area contributed by atoms with Gasteiger partial charge in [-0.3, -0.25) is 9.69 Å². The predicted octanol–water partition coefficient (Wildman–Crippen LogP) is 3.55. The number of rotatable bonds is 7. The van der Waals surface area contributed by atoms with E-state index in [-0.39, 0.29) is 11.9 Å². The summed E-state index contributed by atoms with van der Waals surface area (Å²) in [5, 5.41) is 6.19. The first-order valence-corrected chi connectivity index (χ1v) is 9.56. The van der Waals surface area contributed by atoms with Crippen molar-refractivity contribution in [3.8, 4) is 5.75 Å². The molecular weight excluding hydrogens is 334 g/mol. The monoisotopic (exact) mass is 363 g/mol. The lowest BCUT2D eigenvalue weighted by Gasteiger charge is -2.31. The quantitative estimate of drug-likeness (QED) is 0.573. The molecule has 0 bridgehead atoms. The Morgan fingerprint density at radius 1 is 1.28 bits per heavy atom. The van der Waals surface area contributed by atoms with Crippen LogP contribution in [0, 0.1) is 0 Å². The Balaban J connectivity index is 1.77. The number of hydrogen-bond donors (Lipinski definition) is 2. The molecule has 1 heterocycles. The van der Waals surface area contributed by atoms with E-state index in [0.29, 0.717) is 5.11 Å². The highest BCUT2D eigenvalue weighted by Crippen LogP contribution is 2.17. The van der Waals surface area contributed by atoms with E-state index in [2.05, 4.69) is 22.5 Å². The van der Waals surface area contributed by atoms with E-state index in [1.807, 2.05) is 31.3 Å². The Kier molecular flexibility index (Phi) is 8.15. The molecule has 138 valence electrons. The van der Waals surface area contributed by atoms with Crippen LogP contribution in [0.4, 0.5) is 5.69 Å². The van der Waals surface area contributed by atoms with Crippen molar-refractivity contribution in [3.05, 3.63) is 24.3 Å². The first kappa shape index (κ1) is 19.7.